The van der Waals surface area contributed by atoms with E-state index in [1.54, 1.807) is 6.92 Å². The third-order valence-corrected chi connectivity index (χ3v) is 4.54. The van der Waals surface area contributed by atoms with Crippen molar-refractivity contribution < 1.29 is 14.6 Å². The van der Waals surface area contributed by atoms with Crippen LogP contribution < -0.4 is 5.32 Å². The second kappa shape index (κ2) is 7.25. The monoisotopic (exact) mass is 271 g/mol. The first-order valence-corrected chi connectivity index (χ1v) is 7.49. The third-order valence-electron chi connectivity index (χ3n) is 4.54. The van der Waals surface area contributed by atoms with Gasteiger partial charge in [0, 0.05) is 6.61 Å². The highest BCUT2D eigenvalue weighted by Crippen LogP contribution is 2.31. The smallest absolute Gasteiger partial charge is 0.323 e. The molecule has 1 rings (SSSR count). The van der Waals surface area contributed by atoms with Gasteiger partial charge in [-0.3, -0.25) is 4.79 Å². The fourth-order valence-electron chi connectivity index (χ4n) is 2.74. The Balaban J connectivity index is 2.34. The number of hydrogen-bond donors (Lipinski definition) is 2. The molecule has 4 atom stereocenters. The lowest BCUT2D eigenvalue weighted by Crippen LogP contribution is -2.50. The Bertz CT molecular complexity index is 295. The lowest BCUT2D eigenvalue weighted by atomic mass is 9.80. The van der Waals surface area contributed by atoms with Crippen LogP contribution in [0.3, 0.4) is 0 Å². The maximum absolute atomic E-state index is 11.3. The fraction of sp³-hybridized carbons (Fsp3) is 0.933. The quantitative estimate of drug-likeness (QED) is 0.747. The molecule has 0 spiro atoms. The van der Waals surface area contributed by atoms with Crippen LogP contribution in [-0.4, -0.2) is 35.9 Å². The highest BCUT2D eigenvalue weighted by atomic mass is 16.5. The van der Waals surface area contributed by atoms with Gasteiger partial charge in [-0.25, -0.2) is 0 Å². The second-order valence-corrected chi connectivity index (χ2v) is 6.18. The Labute approximate surface area is 116 Å². The minimum Gasteiger partial charge on any atom is -0.480 e. The van der Waals surface area contributed by atoms with E-state index >= 15 is 0 Å². The van der Waals surface area contributed by atoms with Crippen molar-refractivity contribution in [1.29, 1.82) is 0 Å². The summed E-state index contributed by atoms with van der Waals surface area (Å²) in [4.78, 5) is 11.3. The van der Waals surface area contributed by atoms with E-state index in [1.165, 1.54) is 6.42 Å². The summed E-state index contributed by atoms with van der Waals surface area (Å²) in [5.41, 5.74) is -0.873. The maximum Gasteiger partial charge on any atom is 0.323 e. The van der Waals surface area contributed by atoms with Crippen molar-refractivity contribution in [2.75, 3.05) is 13.2 Å². The number of carboxylic acids is 1. The lowest BCUT2D eigenvalue weighted by Gasteiger charge is -2.33. The molecular formula is C15H29NO3. The van der Waals surface area contributed by atoms with Crippen LogP contribution >= 0.6 is 0 Å². The zero-order valence-electron chi connectivity index (χ0n) is 12.7. The van der Waals surface area contributed by atoms with E-state index < -0.39 is 11.5 Å². The van der Waals surface area contributed by atoms with Gasteiger partial charge < -0.3 is 15.2 Å². The van der Waals surface area contributed by atoms with Crippen molar-refractivity contribution in [3.8, 4) is 0 Å². The normalized spacial score (nSPS) is 30.8. The van der Waals surface area contributed by atoms with Crippen molar-refractivity contribution in [3.63, 3.8) is 0 Å². The first-order chi connectivity index (χ1) is 8.89. The Morgan fingerprint density at radius 3 is 2.58 bits per heavy atom. The summed E-state index contributed by atoms with van der Waals surface area (Å²) in [7, 11) is 0. The van der Waals surface area contributed by atoms with Crippen molar-refractivity contribution >= 4 is 5.97 Å². The molecule has 4 unspecified atom stereocenters. The van der Waals surface area contributed by atoms with Crippen molar-refractivity contribution in [2.45, 2.75) is 65.0 Å². The molecule has 0 bridgehead atoms. The van der Waals surface area contributed by atoms with E-state index in [-0.39, 0.29) is 0 Å². The molecule has 0 amide bonds. The predicted molar refractivity (Wildman–Crippen MR) is 76.3 cm³/mol. The SMILES string of the molecule is CCNC(C)(CCOC1CCC(C)C(C)C1)C(=O)O. The topological polar surface area (TPSA) is 58.6 Å². The van der Waals surface area contributed by atoms with Crippen LogP contribution in [0.1, 0.15) is 53.4 Å². The van der Waals surface area contributed by atoms with Gasteiger partial charge in [0.05, 0.1) is 6.10 Å². The Kier molecular flexibility index (Phi) is 6.27. The van der Waals surface area contributed by atoms with Crippen LogP contribution in [-0.2, 0) is 9.53 Å². The number of hydrogen-bond acceptors (Lipinski definition) is 3. The first kappa shape index (κ1) is 16.4. The van der Waals surface area contributed by atoms with Crippen molar-refractivity contribution in [3.05, 3.63) is 0 Å². The molecular weight excluding hydrogens is 242 g/mol. The molecule has 4 nitrogen and oxygen atoms in total. The van der Waals surface area contributed by atoms with Gasteiger partial charge in [-0.15, -0.1) is 0 Å². The highest BCUT2D eigenvalue weighted by molar-refractivity contribution is 5.78. The number of ether oxygens (including phenoxy) is 1. The molecule has 0 aromatic carbocycles. The molecule has 0 aromatic heterocycles. The van der Waals surface area contributed by atoms with Gasteiger partial charge in [-0.2, -0.15) is 0 Å². The lowest BCUT2D eigenvalue weighted by molar-refractivity contribution is -0.145. The van der Waals surface area contributed by atoms with Gasteiger partial charge in [-0.1, -0.05) is 20.8 Å². The van der Waals surface area contributed by atoms with Gasteiger partial charge in [0.2, 0.25) is 0 Å². The minimum atomic E-state index is -0.873. The van der Waals surface area contributed by atoms with Crippen molar-refractivity contribution in [2.24, 2.45) is 11.8 Å². The van der Waals surface area contributed by atoms with Crippen molar-refractivity contribution in [1.82, 2.24) is 5.32 Å². The summed E-state index contributed by atoms with van der Waals surface area (Å²) in [6.45, 7) is 9.40. The summed E-state index contributed by atoms with van der Waals surface area (Å²) in [5.74, 6) is 0.688. The van der Waals surface area contributed by atoms with Gasteiger partial charge in [0.25, 0.3) is 0 Å². The number of aliphatic carboxylic acids is 1. The summed E-state index contributed by atoms with van der Waals surface area (Å²) in [5, 5.41) is 12.3. The van der Waals surface area contributed by atoms with E-state index in [9.17, 15) is 9.90 Å². The highest BCUT2D eigenvalue weighted by Gasteiger charge is 2.32. The standard InChI is InChI=1S/C15H29NO3/c1-5-16-15(4,14(17)18)8-9-19-13-7-6-11(2)12(3)10-13/h11-13,16H,5-10H2,1-4H3,(H,17,18). The molecule has 0 heterocycles. The van der Waals surface area contributed by atoms with Gasteiger partial charge in [-0.05, 0) is 51.0 Å². The molecule has 0 saturated heterocycles. The zero-order valence-corrected chi connectivity index (χ0v) is 12.7. The molecule has 112 valence electrons. The van der Waals surface area contributed by atoms with Crippen LogP contribution in [0.4, 0.5) is 0 Å². The number of carboxylic acid groups (broad SMARTS) is 1. The fourth-order valence-corrected chi connectivity index (χ4v) is 2.74. The van der Waals surface area contributed by atoms with E-state index in [0.717, 1.165) is 18.8 Å². The minimum absolute atomic E-state index is 0.311. The molecule has 0 radical (unpaired) electrons. The summed E-state index contributed by atoms with van der Waals surface area (Å²) in [6, 6.07) is 0. The van der Waals surface area contributed by atoms with Crippen LogP contribution in [0, 0.1) is 11.8 Å². The van der Waals surface area contributed by atoms with E-state index in [4.69, 9.17) is 4.74 Å². The average Bonchev–Trinajstić information content (AvgIpc) is 2.34. The van der Waals surface area contributed by atoms with Gasteiger partial charge in [0.1, 0.15) is 5.54 Å². The number of carbonyl (C=O) groups is 1. The maximum atomic E-state index is 11.3. The number of likely N-dealkylation sites (N-methyl/N-ethyl adjacent to an activating group) is 1. The Hall–Kier alpha value is -0.610. The van der Waals surface area contributed by atoms with Gasteiger partial charge in [0.15, 0.2) is 0 Å². The van der Waals surface area contributed by atoms with Crippen LogP contribution in [0.5, 0.6) is 0 Å². The molecule has 0 aliphatic heterocycles. The van der Waals surface area contributed by atoms with E-state index in [0.29, 0.717) is 31.6 Å². The summed E-state index contributed by atoms with van der Waals surface area (Å²) < 4.78 is 5.89. The predicted octanol–water partition coefficient (Wildman–Crippen LogP) is 2.67. The van der Waals surface area contributed by atoms with Crippen LogP contribution in [0.15, 0.2) is 0 Å². The van der Waals surface area contributed by atoms with Gasteiger partial charge >= 0.3 is 5.97 Å². The number of nitrogens with one attached hydrogen (secondary N) is 1. The first-order valence-electron chi connectivity index (χ1n) is 7.49. The molecule has 1 saturated carbocycles. The molecule has 2 N–H and O–H groups in total. The molecule has 19 heavy (non-hydrogen) atoms. The second-order valence-electron chi connectivity index (χ2n) is 6.18. The molecule has 1 fully saturated rings. The molecule has 1 aliphatic carbocycles. The molecule has 0 aromatic rings. The number of rotatable bonds is 7. The van der Waals surface area contributed by atoms with Crippen LogP contribution in [0.25, 0.3) is 0 Å². The Morgan fingerprint density at radius 1 is 1.37 bits per heavy atom. The molecule has 4 heteroatoms. The summed E-state index contributed by atoms with van der Waals surface area (Å²) >= 11 is 0. The third kappa shape index (κ3) is 4.77. The molecule has 1 aliphatic rings. The summed E-state index contributed by atoms with van der Waals surface area (Å²) in [6.07, 6.45) is 4.25. The van der Waals surface area contributed by atoms with E-state index in [2.05, 4.69) is 19.2 Å². The largest absolute Gasteiger partial charge is 0.480 e. The zero-order chi connectivity index (χ0) is 14.5. The van der Waals surface area contributed by atoms with Crippen LogP contribution in [0.2, 0.25) is 0 Å². The van der Waals surface area contributed by atoms with E-state index in [1.807, 2.05) is 6.92 Å². The average molecular weight is 271 g/mol. The Morgan fingerprint density at radius 2 is 2.05 bits per heavy atom.